The number of aryl methyl sites for hydroxylation is 1. The number of nitrogens with two attached hydrogens (primary N) is 1. The summed E-state index contributed by atoms with van der Waals surface area (Å²) >= 11 is 1.54. The van der Waals surface area contributed by atoms with Crippen LogP contribution in [-0.2, 0) is 0 Å². The highest BCUT2D eigenvalue weighted by Gasteiger charge is 2.39. The van der Waals surface area contributed by atoms with E-state index in [1.54, 1.807) is 16.5 Å². The summed E-state index contributed by atoms with van der Waals surface area (Å²) in [6.07, 6.45) is 3.37. The molecule has 0 amide bonds. The predicted octanol–water partition coefficient (Wildman–Crippen LogP) is 6.28. The van der Waals surface area contributed by atoms with Gasteiger partial charge in [0.25, 0.3) is 5.56 Å². The fraction of sp³-hybridized carbons (Fsp3) is 0.200. The van der Waals surface area contributed by atoms with E-state index < -0.39 is 5.82 Å². The van der Waals surface area contributed by atoms with Crippen LogP contribution in [0.5, 0.6) is 5.75 Å². The normalized spacial score (nSPS) is 14.2. The van der Waals surface area contributed by atoms with Gasteiger partial charge >= 0.3 is 0 Å². The summed E-state index contributed by atoms with van der Waals surface area (Å²) in [4.78, 5) is 23.9. The van der Waals surface area contributed by atoms with Gasteiger partial charge in [0.2, 0.25) is 0 Å². The summed E-state index contributed by atoms with van der Waals surface area (Å²) in [5.74, 6) is 0.0949. The molecule has 2 unspecified atom stereocenters. The van der Waals surface area contributed by atoms with Crippen molar-refractivity contribution in [1.29, 1.82) is 0 Å². The Balaban J connectivity index is 1.49. The van der Waals surface area contributed by atoms with Gasteiger partial charge in [0.15, 0.2) is 17.2 Å². The van der Waals surface area contributed by atoms with Crippen molar-refractivity contribution in [2.75, 3.05) is 5.73 Å². The fourth-order valence-electron chi connectivity index (χ4n) is 5.63. The number of fused-ring (bicyclic) bond motifs is 2. The maximum Gasteiger partial charge on any atom is 0.264 e. The molecule has 2 N–H and O–H groups in total. The highest BCUT2D eigenvalue weighted by molar-refractivity contribution is 7.37. The molecule has 1 saturated carbocycles. The van der Waals surface area contributed by atoms with Crippen molar-refractivity contribution in [3.63, 3.8) is 0 Å². The lowest BCUT2D eigenvalue weighted by Gasteiger charge is -2.22. The predicted molar refractivity (Wildman–Crippen MR) is 172 cm³/mol. The van der Waals surface area contributed by atoms with Crippen LogP contribution in [0.25, 0.3) is 38.2 Å². The quantitative estimate of drug-likeness (QED) is 0.212. The molecule has 8 nitrogen and oxygen atoms in total. The van der Waals surface area contributed by atoms with Crippen LogP contribution in [0, 0.1) is 18.7 Å². The second-order valence-corrected chi connectivity index (χ2v) is 13.4. The number of halogens is 1. The Morgan fingerprint density at radius 1 is 1.10 bits per heavy atom. The van der Waals surface area contributed by atoms with E-state index in [9.17, 15) is 4.79 Å². The molecule has 0 radical (unpaired) electrons. The SMILES string of the molecule is Cc1csc2cc([C@H](C3CC3)n3nc(-c4ccc(OC(P)P)c(F)c4)c4c(N)ncnc43)c(-c3ccccc3)c(=O)n12. The summed E-state index contributed by atoms with van der Waals surface area (Å²) in [7, 11) is 4.91. The number of hydrogen-bond donors (Lipinski definition) is 1. The zero-order valence-corrected chi connectivity index (χ0v) is 25.7. The average Bonchev–Trinajstić information content (AvgIpc) is 3.62. The van der Waals surface area contributed by atoms with Crippen molar-refractivity contribution < 1.29 is 9.13 Å². The van der Waals surface area contributed by atoms with Gasteiger partial charge in [-0.25, -0.2) is 19.0 Å². The van der Waals surface area contributed by atoms with Gasteiger partial charge in [-0.05, 0) is 61.1 Å². The summed E-state index contributed by atoms with van der Waals surface area (Å²) in [6.45, 7) is 1.94. The Morgan fingerprint density at radius 2 is 1.88 bits per heavy atom. The second-order valence-electron chi connectivity index (χ2n) is 10.5. The van der Waals surface area contributed by atoms with E-state index in [-0.39, 0.29) is 34.7 Å². The first-order chi connectivity index (χ1) is 20.3. The molecule has 1 aliphatic rings. The van der Waals surface area contributed by atoms with E-state index in [4.69, 9.17) is 15.6 Å². The molecule has 12 heteroatoms. The second kappa shape index (κ2) is 10.5. The van der Waals surface area contributed by atoms with Gasteiger partial charge in [-0.3, -0.25) is 9.20 Å². The number of nitrogens with zero attached hydrogens (tertiary/aromatic N) is 5. The summed E-state index contributed by atoms with van der Waals surface area (Å²) in [5, 5.41) is 7.59. The molecule has 3 atom stereocenters. The van der Waals surface area contributed by atoms with Crippen LogP contribution in [0.3, 0.4) is 0 Å². The van der Waals surface area contributed by atoms with Gasteiger partial charge in [0.1, 0.15) is 28.3 Å². The summed E-state index contributed by atoms with van der Waals surface area (Å²) < 4.78 is 24.3. The average molecular weight is 617 g/mol. The van der Waals surface area contributed by atoms with Gasteiger partial charge < -0.3 is 10.5 Å². The van der Waals surface area contributed by atoms with Crippen molar-refractivity contribution in [3.8, 4) is 28.1 Å². The molecule has 1 fully saturated rings. The van der Waals surface area contributed by atoms with E-state index in [2.05, 4.69) is 34.5 Å². The zero-order valence-electron chi connectivity index (χ0n) is 22.6. The third-order valence-electron chi connectivity index (χ3n) is 7.61. The number of pyridine rings is 1. The maximum absolute atomic E-state index is 15.1. The number of benzene rings is 2. The van der Waals surface area contributed by atoms with Crippen LogP contribution in [-0.4, -0.2) is 29.7 Å². The Morgan fingerprint density at radius 3 is 2.60 bits per heavy atom. The first kappa shape index (κ1) is 27.1. The zero-order chi connectivity index (χ0) is 29.1. The number of hydrogen-bond acceptors (Lipinski definition) is 7. The molecule has 2 aromatic carbocycles. The summed E-state index contributed by atoms with van der Waals surface area (Å²) in [6, 6.07) is 16.3. The molecule has 6 aromatic rings. The minimum absolute atomic E-state index is 0.0666. The first-order valence-electron chi connectivity index (χ1n) is 13.5. The fourth-order valence-corrected chi connectivity index (χ4v) is 6.85. The lowest BCUT2D eigenvalue weighted by molar-refractivity contribution is 0.343. The first-order valence-corrected chi connectivity index (χ1v) is 15.7. The molecule has 0 spiro atoms. The van der Waals surface area contributed by atoms with E-state index >= 15 is 4.39 Å². The summed E-state index contributed by atoms with van der Waals surface area (Å²) in [5.41, 5.74) is 10.8. The molecule has 4 heterocycles. The molecule has 1 aliphatic carbocycles. The molecule has 0 saturated heterocycles. The Hall–Kier alpha value is -3.71. The van der Waals surface area contributed by atoms with Crippen molar-refractivity contribution in [2.45, 2.75) is 31.4 Å². The van der Waals surface area contributed by atoms with E-state index in [1.807, 2.05) is 47.3 Å². The Labute approximate surface area is 249 Å². The third-order valence-corrected chi connectivity index (χ3v) is 8.88. The molecular weight excluding hydrogens is 589 g/mol. The molecule has 7 rings (SSSR count). The molecule has 42 heavy (non-hydrogen) atoms. The van der Waals surface area contributed by atoms with Gasteiger partial charge in [0, 0.05) is 16.6 Å². The van der Waals surface area contributed by atoms with Crippen LogP contribution in [0.2, 0.25) is 0 Å². The van der Waals surface area contributed by atoms with E-state index in [1.165, 1.54) is 23.7 Å². The van der Waals surface area contributed by atoms with Crippen molar-refractivity contribution in [2.24, 2.45) is 5.92 Å². The molecule has 212 valence electrons. The minimum Gasteiger partial charge on any atom is -0.480 e. The van der Waals surface area contributed by atoms with Gasteiger partial charge in [-0.15, -0.1) is 11.3 Å². The highest BCUT2D eigenvalue weighted by atomic mass is 32.1. The topological polar surface area (TPSA) is 100 Å². The Bertz CT molecular complexity index is 2040. The van der Waals surface area contributed by atoms with Gasteiger partial charge in [-0.2, -0.15) is 5.10 Å². The van der Waals surface area contributed by atoms with E-state index in [0.29, 0.717) is 27.9 Å². The highest BCUT2D eigenvalue weighted by Crippen LogP contribution is 2.48. The van der Waals surface area contributed by atoms with Crippen LogP contribution in [0.4, 0.5) is 10.2 Å². The van der Waals surface area contributed by atoms with Gasteiger partial charge in [-0.1, -0.05) is 48.8 Å². The number of aromatic nitrogens is 5. The smallest absolute Gasteiger partial charge is 0.264 e. The number of nitrogen functional groups attached to an aromatic ring is 1. The van der Waals surface area contributed by atoms with Gasteiger partial charge in [0.05, 0.1) is 17.0 Å². The number of ether oxygens (including phenoxy) is 1. The van der Waals surface area contributed by atoms with Crippen LogP contribution in [0.15, 0.2) is 71.1 Å². The van der Waals surface area contributed by atoms with E-state index in [0.717, 1.165) is 34.5 Å². The van der Waals surface area contributed by atoms with Crippen molar-refractivity contribution in [1.82, 2.24) is 24.1 Å². The maximum atomic E-state index is 15.1. The number of thiazole rings is 1. The number of anilines is 1. The molecule has 4 aromatic heterocycles. The van der Waals surface area contributed by atoms with Crippen LogP contribution >= 0.6 is 29.8 Å². The molecule has 0 aliphatic heterocycles. The number of rotatable bonds is 7. The molecular formula is C30H27FN6O2P2S. The lowest BCUT2D eigenvalue weighted by atomic mass is 9.93. The third kappa shape index (κ3) is 4.58. The largest absolute Gasteiger partial charge is 0.480 e. The monoisotopic (exact) mass is 616 g/mol. The van der Waals surface area contributed by atoms with Crippen molar-refractivity contribution in [3.05, 3.63) is 93.7 Å². The van der Waals surface area contributed by atoms with Crippen LogP contribution in [0.1, 0.15) is 30.1 Å². The lowest BCUT2D eigenvalue weighted by Crippen LogP contribution is -2.23. The van der Waals surface area contributed by atoms with Crippen molar-refractivity contribution >= 4 is 51.5 Å². The molecule has 0 bridgehead atoms. The standard InChI is InChI=1S/C30H27FN6O2P2S/c1-15-13-42-22-12-19(23(29(38)36(15)22)16-5-3-2-4-6-16)26(17-7-8-17)37-28-24(27(32)33-14-34-28)25(35-37)18-9-10-21(20(31)11-18)39-30(40)41/h2-6,9-14,17,26,30H,7-8,40-41H2,1H3,(H2,32,33,34)/t26-/m0/s1. The Kier molecular flexibility index (Phi) is 6.81. The van der Waals surface area contributed by atoms with Crippen LogP contribution < -0.4 is 16.0 Å². The minimum atomic E-state index is -0.517.